The molecule has 1 atom stereocenters. The molecule has 0 N–H and O–H groups in total. The molecule has 0 amide bonds. The van der Waals surface area contributed by atoms with Crippen LogP contribution >= 0.6 is 0 Å². The zero-order chi connectivity index (χ0) is 13.5. The van der Waals surface area contributed by atoms with Gasteiger partial charge in [-0.2, -0.15) is 0 Å². The molecule has 2 nitrogen and oxygen atoms in total. The maximum absolute atomic E-state index is 10.4. The Morgan fingerprint density at radius 1 is 1.35 bits per heavy atom. The molecule has 0 aliphatic rings. The van der Waals surface area contributed by atoms with E-state index in [1.165, 1.54) is 0 Å². The van der Waals surface area contributed by atoms with Gasteiger partial charge in [0.1, 0.15) is 6.29 Å². The topological polar surface area (TPSA) is 26.3 Å². The molecule has 0 fully saturated rings. The number of carbonyl (C=O) groups excluding carboxylic acids is 1. The van der Waals surface area contributed by atoms with E-state index in [9.17, 15) is 4.79 Å². The summed E-state index contributed by atoms with van der Waals surface area (Å²) in [7, 11) is -1.60. The largest absolute Gasteiger partial charge is 0.417 e. The Morgan fingerprint density at radius 2 is 1.94 bits per heavy atom. The Kier molecular flexibility index (Phi) is 6.94. The van der Waals surface area contributed by atoms with Crippen LogP contribution in [0.5, 0.6) is 0 Å². The third-order valence-electron chi connectivity index (χ3n) is 3.72. The highest BCUT2D eigenvalue weighted by atomic mass is 28.4. The quantitative estimate of drug-likeness (QED) is 0.282. The summed E-state index contributed by atoms with van der Waals surface area (Å²) in [6, 6.07) is 0. The van der Waals surface area contributed by atoms with E-state index in [1.54, 1.807) is 0 Å². The standard InChI is InChI=1S/C14H28O2Si/c1-7-13(10-11-15)9-8-12-16-17(5,6)14(2,3)4/h7,11,13H,1,8-10,12H2,2-6H3. The van der Waals surface area contributed by atoms with Gasteiger partial charge in [0.05, 0.1) is 0 Å². The van der Waals surface area contributed by atoms with Crippen LogP contribution in [-0.4, -0.2) is 21.2 Å². The number of rotatable bonds is 8. The molecule has 0 aliphatic heterocycles. The number of hydrogen-bond donors (Lipinski definition) is 0. The van der Waals surface area contributed by atoms with Gasteiger partial charge in [-0.3, -0.25) is 0 Å². The summed E-state index contributed by atoms with van der Waals surface area (Å²) in [6.07, 6.45) is 5.44. The molecular formula is C14H28O2Si. The number of allylic oxidation sites excluding steroid dienone is 1. The summed E-state index contributed by atoms with van der Waals surface area (Å²) in [5.41, 5.74) is 0. The van der Waals surface area contributed by atoms with E-state index in [2.05, 4.69) is 40.4 Å². The Labute approximate surface area is 108 Å². The minimum Gasteiger partial charge on any atom is -0.417 e. The predicted molar refractivity (Wildman–Crippen MR) is 76.8 cm³/mol. The minimum atomic E-state index is -1.60. The first-order valence-corrected chi connectivity index (χ1v) is 9.35. The summed E-state index contributed by atoms with van der Waals surface area (Å²) < 4.78 is 6.08. The van der Waals surface area contributed by atoms with Crippen molar-refractivity contribution in [3.05, 3.63) is 12.7 Å². The first kappa shape index (κ1) is 16.6. The lowest BCUT2D eigenvalue weighted by Crippen LogP contribution is -2.41. The van der Waals surface area contributed by atoms with Gasteiger partial charge in [-0.25, -0.2) is 0 Å². The lowest BCUT2D eigenvalue weighted by atomic mass is 10.0. The monoisotopic (exact) mass is 256 g/mol. The van der Waals surface area contributed by atoms with E-state index >= 15 is 0 Å². The molecular weight excluding hydrogens is 228 g/mol. The van der Waals surface area contributed by atoms with Gasteiger partial charge in [0.15, 0.2) is 8.32 Å². The predicted octanol–water partition coefficient (Wildman–Crippen LogP) is 4.18. The van der Waals surface area contributed by atoms with Crippen molar-refractivity contribution >= 4 is 14.6 Å². The Morgan fingerprint density at radius 3 is 2.35 bits per heavy atom. The SMILES string of the molecule is C=CC(CC=O)CCCO[Si](C)(C)C(C)(C)C. The van der Waals surface area contributed by atoms with Crippen LogP contribution in [0.4, 0.5) is 0 Å². The highest BCUT2D eigenvalue weighted by Gasteiger charge is 2.36. The summed E-state index contributed by atoms with van der Waals surface area (Å²) in [6.45, 7) is 15.8. The highest BCUT2D eigenvalue weighted by Crippen LogP contribution is 2.36. The fourth-order valence-corrected chi connectivity index (χ4v) is 2.43. The minimum absolute atomic E-state index is 0.271. The van der Waals surface area contributed by atoms with Gasteiger partial charge in [0, 0.05) is 13.0 Å². The molecule has 0 saturated heterocycles. The van der Waals surface area contributed by atoms with Crippen LogP contribution in [0.2, 0.25) is 18.1 Å². The van der Waals surface area contributed by atoms with E-state index in [0.29, 0.717) is 12.3 Å². The van der Waals surface area contributed by atoms with Gasteiger partial charge in [0.25, 0.3) is 0 Å². The third kappa shape index (κ3) is 6.17. The van der Waals surface area contributed by atoms with Crippen LogP contribution in [-0.2, 0) is 9.22 Å². The van der Waals surface area contributed by atoms with Gasteiger partial charge in [-0.15, -0.1) is 6.58 Å². The zero-order valence-corrected chi connectivity index (χ0v) is 13.1. The Bertz CT molecular complexity index is 241. The second-order valence-corrected chi connectivity index (χ2v) is 11.0. The molecule has 0 radical (unpaired) electrons. The average molecular weight is 256 g/mol. The molecule has 0 bridgehead atoms. The zero-order valence-electron chi connectivity index (χ0n) is 12.1. The highest BCUT2D eigenvalue weighted by molar-refractivity contribution is 6.74. The molecule has 0 aromatic carbocycles. The molecule has 0 aromatic rings. The van der Waals surface area contributed by atoms with Crippen LogP contribution in [0.15, 0.2) is 12.7 Å². The average Bonchev–Trinajstić information content (AvgIpc) is 2.21. The van der Waals surface area contributed by atoms with Gasteiger partial charge >= 0.3 is 0 Å². The normalized spacial score (nSPS) is 14.4. The molecule has 100 valence electrons. The van der Waals surface area contributed by atoms with Crippen LogP contribution in [0, 0.1) is 5.92 Å². The van der Waals surface area contributed by atoms with E-state index in [4.69, 9.17) is 4.43 Å². The van der Waals surface area contributed by atoms with E-state index in [0.717, 1.165) is 25.7 Å². The first-order valence-electron chi connectivity index (χ1n) is 6.44. The fraction of sp³-hybridized carbons (Fsp3) is 0.786. The smallest absolute Gasteiger partial charge is 0.191 e. The van der Waals surface area contributed by atoms with Crippen LogP contribution < -0.4 is 0 Å². The number of hydrogen-bond acceptors (Lipinski definition) is 2. The molecule has 0 aliphatic carbocycles. The second kappa shape index (κ2) is 7.12. The van der Waals surface area contributed by atoms with Crippen molar-refractivity contribution in [2.75, 3.05) is 6.61 Å². The molecule has 0 spiro atoms. The molecule has 3 heteroatoms. The van der Waals surface area contributed by atoms with Crippen molar-refractivity contribution in [1.29, 1.82) is 0 Å². The number of aldehydes is 1. The lowest BCUT2D eigenvalue weighted by Gasteiger charge is -2.36. The van der Waals surface area contributed by atoms with Gasteiger partial charge in [-0.1, -0.05) is 26.8 Å². The summed E-state index contributed by atoms with van der Waals surface area (Å²) >= 11 is 0. The van der Waals surface area contributed by atoms with Crippen LogP contribution in [0.1, 0.15) is 40.0 Å². The van der Waals surface area contributed by atoms with Gasteiger partial charge in [-0.05, 0) is 36.9 Å². The summed E-state index contributed by atoms with van der Waals surface area (Å²) in [5, 5.41) is 0.271. The lowest BCUT2D eigenvalue weighted by molar-refractivity contribution is -0.108. The summed E-state index contributed by atoms with van der Waals surface area (Å²) in [4.78, 5) is 10.4. The van der Waals surface area contributed by atoms with Crippen molar-refractivity contribution in [2.45, 2.75) is 58.2 Å². The molecule has 0 saturated carbocycles. The van der Waals surface area contributed by atoms with E-state index < -0.39 is 8.32 Å². The molecule has 1 unspecified atom stereocenters. The van der Waals surface area contributed by atoms with Crippen molar-refractivity contribution in [2.24, 2.45) is 5.92 Å². The second-order valence-electron chi connectivity index (χ2n) is 6.15. The molecule has 0 heterocycles. The number of carbonyl (C=O) groups is 1. The van der Waals surface area contributed by atoms with E-state index in [-0.39, 0.29) is 5.04 Å². The Balaban J connectivity index is 3.92. The van der Waals surface area contributed by atoms with Crippen molar-refractivity contribution < 1.29 is 9.22 Å². The van der Waals surface area contributed by atoms with Crippen LogP contribution in [0.25, 0.3) is 0 Å². The maximum atomic E-state index is 10.4. The van der Waals surface area contributed by atoms with E-state index in [1.807, 2.05) is 6.08 Å². The van der Waals surface area contributed by atoms with Gasteiger partial charge in [0.2, 0.25) is 0 Å². The molecule has 17 heavy (non-hydrogen) atoms. The Hall–Kier alpha value is -0.413. The third-order valence-corrected chi connectivity index (χ3v) is 8.26. The fourth-order valence-electron chi connectivity index (χ4n) is 1.34. The van der Waals surface area contributed by atoms with Crippen molar-refractivity contribution in [3.8, 4) is 0 Å². The van der Waals surface area contributed by atoms with Crippen LogP contribution in [0.3, 0.4) is 0 Å². The van der Waals surface area contributed by atoms with Crippen molar-refractivity contribution in [3.63, 3.8) is 0 Å². The summed E-state index contributed by atoms with van der Waals surface area (Å²) in [5.74, 6) is 0.315. The molecule has 0 aromatic heterocycles. The maximum Gasteiger partial charge on any atom is 0.191 e. The van der Waals surface area contributed by atoms with Crippen molar-refractivity contribution in [1.82, 2.24) is 0 Å². The first-order chi connectivity index (χ1) is 7.74. The molecule has 0 rings (SSSR count). The van der Waals surface area contributed by atoms with Gasteiger partial charge < -0.3 is 9.22 Å².